The molecule has 4 heteroatoms. The average Bonchev–Trinajstić information content (AvgIpc) is 2.70. The molecule has 3 rings (SSSR count). The maximum Gasteiger partial charge on any atom is 0.261 e. The molecule has 1 unspecified atom stereocenters. The summed E-state index contributed by atoms with van der Waals surface area (Å²) in [5.41, 5.74) is 0.912. The van der Waals surface area contributed by atoms with Crippen molar-refractivity contribution < 1.29 is 0 Å². The van der Waals surface area contributed by atoms with E-state index < -0.39 is 0 Å². The van der Waals surface area contributed by atoms with Gasteiger partial charge in [-0.05, 0) is 36.5 Å². The van der Waals surface area contributed by atoms with Crippen molar-refractivity contribution in [2.75, 3.05) is 0 Å². The molecular weight excluding hydrogens is 304 g/mol. The van der Waals surface area contributed by atoms with Crippen LogP contribution in [-0.2, 0) is 13.0 Å². The van der Waals surface area contributed by atoms with Gasteiger partial charge in [0.1, 0.15) is 5.82 Å². The molecule has 1 aromatic carbocycles. The molecule has 1 aromatic heterocycles. The molecule has 0 amide bonds. The Hall–Kier alpha value is -1.16. The van der Waals surface area contributed by atoms with Crippen molar-refractivity contribution in [3.63, 3.8) is 0 Å². The molecule has 2 heterocycles. The van der Waals surface area contributed by atoms with Crippen molar-refractivity contribution in [3.05, 3.63) is 38.9 Å². The maximum absolute atomic E-state index is 12.5. The first-order valence-corrected chi connectivity index (χ1v) is 7.53. The zero-order valence-corrected chi connectivity index (χ0v) is 12.8. The number of halogens is 1. The van der Waals surface area contributed by atoms with E-state index >= 15 is 0 Å². The van der Waals surface area contributed by atoms with E-state index in [4.69, 9.17) is 0 Å². The van der Waals surface area contributed by atoms with Gasteiger partial charge in [-0.3, -0.25) is 9.36 Å². The van der Waals surface area contributed by atoms with Gasteiger partial charge >= 0.3 is 0 Å². The SMILES string of the molecule is CC(C)CC1Cc2nc3cc(Br)ccc3c(=O)n2C1. The standard InChI is InChI=1S/C15H17BrN2O/c1-9(2)5-10-6-14-17-13-7-11(16)3-4-12(13)15(19)18(14)8-10/h3-4,7,9-10H,5-6,8H2,1-2H3. The third-order valence-electron chi connectivity index (χ3n) is 3.71. The number of benzene rings is 1. The minimum Gasteiger partial charge on any atom is -0.296 e. The molecule has 100 valence electrons. The van der Waals surface area contributed by atoms with Crippen LogP contribution in [0.3, 0.4) is 0 Å². The molecule has 1 aliphatic heterocycles. The first-order valence-electron chi connectivity index (χ1n) is 6.73. The van der Waals surface area contributed by atoms with Crippen LogP contribution in [0.2, 0.25) is 0 Å². The van der Waals surface area contributed by atoms with E-state index in [1.807, 2.05) is 22.8 Å². The van der Waals surface area contributed by atoms with Crippen molar-refractivity contribution >= 4 is 26.8 Å². The van der Waals surface area contributed by atoms with Gasteiger partial charge in [0.05, 0.1) is 10.9 Å². The van der Waals surface area contributed by atoms with E-state index in [0.717, 1.165) is 40.6 Å². The molecule has 0 spiro atoms. The Morgan fingerprint density at radius 1 is 1.47 bits per heavy atom. The summed E-state index contributed by atoms with van der Waals surface area (Å²) in [5.74, 6) is 2.17. The van der Waals surface area contributed by atoms with Crippen LogP contribution in [0.1, 0.15) is 26.1 Å². The lowest BCUT2D eigenvalue weighted by Crippen LogP contribution is -2.21. The Bertz CT molecular complexity index is 690. The highest BCUT2D eigenvalue weighted by Crippen LogP contribution is 2.25. The van der Waals surface area contributed by atoms with Crippen LogP contribution in [0.25, 0.3) is 10.9 Å². The summed E-state index contributed by atoms with van der Waals surface area (Å²) in [6.07, 6.45) is 2.08. The van der Waals surface area contributed by atoms with Crippen LogP contribution in [0.4, 0.5) is 0 Å². The van der Waals surface area contributed by atoms with Gasteiger partial charge in [-0.15, -0.1) is 0 Å². The highest BCUT2D eigenvalue weighted by atomic mass is 79.9. The van der Waals surface area contributed by atoms with E-state index in [-0.39, 0.29) is 5.56 Å². The average molecular weight is 321 g/mol. The summed E-state index contributed by atoms with van der Waals surface area (Å²) >= 11 is 3.43. The number of aromatic nitrogens is 2. The van der Waals surface area contributed by atoms with E-state index in [0.29, 0.717) is 11.8 Å². The third kappa shape index (κ3) is 2.34. The largest absolute Gasteiger partial charge is 0.296 e. The Kier molecular flexibility index (Phi) is 3.21. The topological polar surface area (TPSA) is 34.9 Å². The fourth-order valence-electron chi connectivity index (χ4n) is 2.99. The smallest absolute Gasteiger partial charge is 0.261 e. The number of hydrogen-bond acceptors (Lipinski definition) is 2. The lowest BCUT2D eigenvalue weighted by atomic mass is 9.96. The number of nitrogens with zero attached hydrogens (tertiary/aromatic N) is 2. The normalized spacial score (nSPS) is 18.2. The summed E-state index contributed by atoms with van der Waals surface area (Å²) < 4.78 is 2.83. The van der Waals surface area contributed by atoms with Crippen molar-refractivity contribution in [2.45, 2.75) is 33.2 Å². The molecule has 0 saturated carbocycles. The fraction of sp³-hybridized carbons (Fsp3) is 0.467. The van der Waals surface area contributed by atoms with Crippen LogP contribution >= 0.6 is 15.9 Å². The Morgan fingerprint density at radius 2 is 2.26 bits per heavy atom. The second-order valence-corrected chi connectivity index (χ2v) is 6.72. The molecule has 1 atom stereocenters. The molecule has 0 radical (unpaired) electrons. The second kappa shape index (κ2) is 4.75. The molecule has 0 fully saturated rings. The van der Waals surface area contributed by atoms with Crippen LogP contribution in [0, 0.1) is 11.8 Å². The van der Waals surface area contributed by atoms with Gasteiger partial charge in [0, 0.05) is 17.4 Å². The van der Waals surface area contributed by atoms with Gasteiger partial charge in [-0.2, -0.15) is 0 Å². The predicted molar refractivity (Wildman–Crippen MR) is 80.4 cm³/mol. The minimum absolute atomic E-state index is 0.110. The molecule has 19 heavy (non-hydrogen) atoms. The van der Waals surface area contributed by atoms with Crippen molar-refractivity contribution in [2.24, 2.45) is 11.8 Å². The van der Waals surface area contributed by atoms with E-state index in [9.17, 15) is 4.79 Å². The van der Waals surface area contributed by atoms with E-state index in [1.54, 1.807) is 0 Å². The minimum atomic E-state index is 0.110. The summed E-state index contributed by atoms with van der Waals surface area (Å²) in [6, 6.07) is 5.68. The lowest BCUT2D eigenvalue weighted by Gasteiger charge is -2.10. The maximum atomic E-state index is 12.5. The second-order valence-electron chi connectivity index (χ2n) is 5.80. The number of hydrogen-bond donors (Lipinski definition) is 0. The van der Waals surface area contributed by atoms with Gasteiger partial charge < -0.3 is 0 Å². The number of rotatable bonds is 2. The van der Waals surface area contributed by atoms with Crippen molar-refractivity contribution in [1.29, 1.82) is 0 Å². The quantitative estimate of drug-likeness (QED) is 0.850. The summed E-state index contributed by atoms with van der Waals surface area (Å²) in [4.78, 5) is 17.1. The van der Waals surface area contributed by atoms with E-state index in [2.05, 4.69) is 34.8 Å². The number of fused-ring (bicyclic) bond motifs is 2. The molecule has 0 saturated heterocycles. The molecule has 2 aromatic rings. The van der Waals surface area contributed by atoms with Gasteiger partial charge in [-0.25, -0.2) is 4.98 Å². The Morgan fingerprint density at radius 3 is 3.00 bits per heavy atom. The van der Waals surface area contributed by atoms with Crippen LogP contribution < -0.4 is 5.56 Å². The fourth-order valence-corrected chi connectivity index (χ4v) is 3.34. The zero-order valence-electron chi connectivity index (χ0n) is 11.2. The predicted octanol–water partition coefficient (Wildman–Crippen LogP) is 3.38. The highest BCUT2D eigenvalue weighted by Gasteiger charge is 2.25. The van der Waals surface area contributed by atoms with Crippen LogP contribution in [0.15, 0.2) is 27.5 Å². The van der Waals surface area contributed by atoms with E-state index in [1.165, 1.54) is 0 Å². The molecule has 0 aliphatic carbocycles. The lowest BCUT2D eigenvalue weighted by molar-refractivity contribution is 0.401. The molecule has 0 N–H and O–H groups in total. The molecule has 3 nitrogen and oxygen atoms in total. The molecule has 0 bridgehead atoms. The van der Waals surface area contributed by atoms with Crippen LogP contribution in [0.5, 0.6) is 0 Å². The first-order chi connectivity index (χ1) is 9.04. The van der Waals surface area contributed by atoms with Gasteiger partial charge in [0.2, 0.25) is 0 Å². The molecular formula is C15H17BrN2O. The monoisotopic (exact) mass is 320 g/mol. The third-order valence-corrected chi connectivity index (χ3v) is 4.21. The summed E-state index contributed by atoms with van der Waals surface area (Å²) in [7, 11) is 0. The van der Waals surface area contributed by atoms with Crippen molar-refractivity contribution in [3.8, 4) is 0 Å². The first kappa shape index (κ1) is 12.9. The van der Waals surface area contributed by atoms with Gasteiger partial charge in [0.25, 0.3) is 5.56 Å². The molecule has 1 aliphatic rings. The Labute approximate surface area is 120 Å². The summed E-state index contributed by atoms with van der Waals surface area (Å²) in [6.45, 7) is 5.28. The van der Waals surface area contributed by atoms with Gasteiger partial charge in [0.15, 0.2) is 0 Å². The zero-order chi connectivity index (χ0) is 13.6. The highest BCUT2D eigenvalue weighted by molar-refractivity contribution is 9.10. The van der Waals surface area contributed by atoms with Gasteiger partial charge in [-0.1, -0.05) is 29.8 Å². The summed E-state index contributed by atoms with van der Waals surface area (Å²) in [5, 5.41) is 0.720. The van der Waals surface area contributed by atoms with Crippen LogP contribution in [-0.4, -0.2) is 9.55 Å². The Balaban J connectivity index is 2.08. The van der Waals surface area contributed by atoms with Crippen molar-refractivity contribution in [1.82, 2.24) is 9.55 Å².